The van der Waals surface area contributed by atoms with Crippen molar-refractivity contribution in [3.8, 4) is 0 Å². The van der Waals surface area contributed by atoms with Crippen LogP contribution in [0.4, 0.5) is 0 Å². The van der Waals surface area contributed by atoms with Crippen LogP contribution in [0.2, 0.25) is 5.02 Å². The van der Waals surface area contributed by atoms with Gasteiger partial charge in [-0.05, 0) is 59.8 Å². The second-order valence-corrected chi connectivity index (χ2v) is 11.5. The molecule has 1 fully saturated rings. The van der Waals surface area contributed by atoms with Gasteiger partial charge >= 0.3 is 5.97 Å². The topological polar surface area (TPSA) is 57.6 Å². The first-order valence-electron chi connectivity index (χ1n) is 11.4. The zero-order chi connectivity index (χ0) is 23.1. The van der Waals surface area contributed by atoms with Crippen molar-refractivity contribution in [2.45, 2.75) is 85.1 Å². The molecule has 5 heteroatoms. The van der Waals surface area contributed by atoms with Crippen molar-refractivity contribution in [3.63, 3.8) is 0 Å². The van der Waals surface area contributed by atoms with Crippen molar-refractivity contribution in [3.05, 3.63) is 46.1 Å². The number of halogens is 1. The summed E-state index contributed by atoms with van der Waals surface area (Å²) >= 11 is 6.69. The van der Waals surface area contributed by atoms with E-state index in [1.165, 1.54) is 5.57 Å². The number of benzene rings is 1. The van der Waals surface area contributed by atoms with Gasteiger partial charge in [0.25, 0.3) is 0 Å². The molecule has 0 saturated heterocycles. The number of allylic oxidation sites excluding steroid dienone is 1. The predicted octanol–water partition coefficient (Wildman–Crippen LogP) is 6.21. The van der Waals surface area contributed by atoms with Crippen molar-refractivity contribution in [1.82, 2.24) is 4.90 Å². The lowest BCUT2D eigenvalue weighted by Crippen LogP contribution is -2.51. The minimum absolute atomic E-state index is 0.00439. The van der Waals surface area contributed by atoms with E-state index >= 15 is 0 Å². The van der Waals surface area contributed by atoms with Gasteiger partial charge in [-0.3, -0.25) is 9.59 Å². The molecule has 1 saturated carbocycles. The molecule has 1 atom stereocenters. The molecule has 1 aromatic rings. The molecule has 1 aliphatic heterocycles. The Morgan fingerprint density at radius 2 is 1.94 bits per heavy atom. The number of carbonyl (C=O) groups is 2. The quantitative estimate of drug-likeness (QED) is 0.566. The first kappa shape index (κ1) is 23.8. The van der Waals surface area contributed by atoms with E-state index in [9.17, 15) is 14.7 Å². The average Bonchev–Trinajstić information content (AvgIpc) is 2.59. The van der Waals surface area contributed by atoms with Gasteiger partial charge in [0.1, 0.15) is 0 Å². The number of rotatable bonds is 6. The predicted molar refractivity (Wildman–Crippen MR) is 125 cm³/mol. The van der Waals surface area contributed by atoms with Crippen LogP contribution in [0, 0.1) is 17.3 Å². The summed E-state index contributed by atoms with van der Waals surface area (Å²) < 4.78 is 0. The third-order valence-corrected chi connectivity index (χ3v) is 7.37. The third-order valence-electron chi connectivity index (χ3n) is 7.02. The number of aliphatic carboxylic acids is 1. The molecule has 2 aliphatic rings. The Labute approximate surface area is 191 Å². The van der Waals surface area contributed by atoms with Crippen LogP contribution in [0.3, 0.4) is 0 Å². The van der Waals surface area contributed by atoms with E-state index in [1.807, 2.05) is 12.3 Å². The molecule has 1 heterocycles. The number of nitrogens with zero attached hydrogens (tertiary/aromatic N) is 1. The van der Waals surface area contributed by atoms with Crippen LogP contribution in [-0.2, 0) is 21.4 Å². The van der Waals surface area contributed by atoms with Crippen LogP contribution in [0.15, 0.2) is 30.0 Å². The number of carboxylic acid groups (broad SMARTS) is 1. The van der Waals surface area contributed by atoms with Crippen molar-refractivity contribution >= 4 is 23.5 Å². The van der Waals surface area contributed by atoms with E-state index in [2.05, 4.69) is 53.7 Å². The van der Waals surface area contributed by atoms with Gasteiger partial charge in [0, 0.05) is 29.1 Å². The Morgan fingerprint density at radius 1 is 1.29 bits per heavy atom. The molecule has 0 aromatic heterocycles. The number of carbonyl (C=O) groups excluding carboxylic acids is 1. The Hall–Kier alpha value is -1.81. The Bertz CT molecular complexity index is 892. The molecular formula is C26H36ClNO3. The minimum atomic E-state index is -0.764. The van der Waals surface area contributed by atoms with Crippen LogP contribution in [-0.4, -0.2) is 27.9 Å². The van der Waals surface area contributed by atoms with Crippen LogP contribution < -0.4 is 0 Å². The molecule has 0 bridgehead atoms. The molecule has 4 nitrogen and oxygen atoms in total. The maximum absolute atomic E-state index is 13.1. The highest BCUT2D eigenvalue weighted by Gasteiger charge is 2.45. The fraction of sp³-hybridized carbons (Fsp3) is 0.615. The molecule has 3 rings (SSSR count). The standard InChI is InChI=1S/C26H36ClNO3/c1-16(2)21-15-28(20-11-18(12-20)24(30)31)23(29)14-26(21,6)19-8-7-17(22(27)13-19)9-10-25(3,4)5/h7-8,13,15-16,18,20H,9-12,14H2,1-6H3,(H,30,31)/t18?,20?,26-/m1/s1. The van der Waals surface area contributed by atoms with Crippen molar-refractivity contribution < 1.29 is 14.7 Å². The van der Waals surface area contributed by atoms with E-state index in [-0.39, 0.29) is 29.2 Å². The van der Waals surface area contributed by atoms with Gasteiger partial charge in [-0.1, -0.05) is 65.3 Å². The number of carboxylic acids is 1. The monoisotopic (exact) mass is 445 g/mol. The fourth-order valence-electron chi connectivity index (χ4n) is 4.84. The smallest absolute Gasteiger partial charge is 0.306 e. The van der Waals surface area contributed by atoms with Crippen LogP contribution in [0.1, 0.15) is 78.4 Å². The van der Waals surface area contributed by atoms with Crippen molar-refractivity contribution in [2.24, 2.45) is 17.3 Å². The van der Waals surface area contributed by atoms with Gasteiger partial charge in [-0.15, -0.1) is 0 Å². The lowest BCUT2D eigenvalue weighted by molar-refractivity contribution is -0.150. The second-order valence-electron chi connectivity index (χ2n) is 11.1. The fourth-order valence-corrected chi connectivity index (χ4v) is 5.12. The van der Waals surface area contributed by atoms with Gasteiger partial charge in [-0.2, -0.15) is 0 Å². The molecule has 0 unspecified atom stereocenters. The van der Waals surface area contributed by atoms with Gasteiger partial charge in [-0.25, -0.2) is 0 Å². The van der Waals surface area contributed by atoms with Crippen LogP contribution in [0.5, 0.6) is 0 Å². The number of aryl methyl sites for hydroxylation is 1. The molecular weight excluding hydrogens is 410 g/mol. The van der Waals surface area contributed by atoms with Gasteiger partial charge < -0.3 is 10.0 Å². The summed E-state index contributed by atoms with van der Waals surface area (Å²) in [6.07, 6.45) is 5.45. The summed E-state index contributed by atoms with van der Waals surface area (Å²) in [4.78, 5) is 26.1. The molecule has 31 heavy (non-hydrogen) atoms. The molecule has 170 valence electrons. The SMILES string of the molecule is CC(C)C1=CN(C2CC(C(=O)O)C2)C(=O)C[C@]1(C)c1ccc(CCC(C)(C)C)c(Cl)c1. The second kappa shape index (κ2) is 8.61. The summed E-state index contributed by atoms with van der Waals surface area (Å²) in [5.74, 6) is -0.773. The largest absolute Gasteiger partial charge is 0.481 e. The van der Waals surface area contributed by atoms with E-state index in [4.69, 9.17) is 11.6 Å². The maximum Gasteiger partial charge on any atom is 0.306 e. The average molecular weight is 446 g/mol. The van der Waals surface area contributed by atoms with Crippen LogP contribution >= 0.6 is 11.6 Å². The highest BCUT2D eigenvalue weighted by Crippen LogP contribution is 2.46. The van der Waals surface area contributed by atoms with Gasteiger partial charge in [0.05, 0.1) is 5.92 Å². The molecule has 1 N–H and O–H groups in total. The summed E-state index contributed by atoms with van der Waals surface area (Å²) in [5.41, 5.74) is 3.26. The maximum atomic E-state index is 13.1. The van der Waals surface area contributed by atoms with Crippen molar-refractivity contribution in [1.29, 1.82) is 0 Å². The summed E-state index contributed by atoms with van der Waals surface area (Å²) in [5, 5.41) is 9.95. The summed E-state index contributed by atoms with van der Waals surface area (Å²) in [6, 6.07) is 6.29. The minimum Gasteiger partial charge on any atom is -0.481 e. The molecule has 1 aromatic carbocycles. The summed E-state index contributed by atoms with van der Waals surface area (Å²) in [7, 11) is 0. The zero-order valence-electron chi connectivity index (χ0n) is 19.7. The Kier molecular flexibility index (Phi) is 6.63. The number of hydrogen-bond donors (Lipinski definition) is 1. The first-order chi connectivity index (χ1) is 14.3. The van der Waals surface area contributed by atoms with Gasteiger partial charge in [0.15, 0.2) is 0 Å². The number of amides is 1. The molecule has 0 spiro atoms. The normalized spacial score (nSPS) is 26.6. The molecule has 1 aliphatic carbocycles. The third kappa shape index (κ3) is 5.00. The summed E-state index contributed by atoms with van der Waals surface area (Å²) in [6.45, 7) is 13.1. The lowest BCUT2D eigenvalue weighted by Gasteiger charge is -2.47. The lowest BCUT2D eigenvalue weighted by atomic mass is 9.67. The Balaban J connectivity index is 1.88. The van der Waals surface area contributed by atoms with E-state index < -0.39 is 11.4 Å². The number of hydrogen-bond acceptors (Lipinski definition) is 2. The molecule has 0 radical (unpaired) electrons. The first-order valence-corrected chi connectivity index (χ1v) is 11.7. The van der Waals surface area contributed by atoms with E-state index in [0.717, 1.165) is 29.0 Å². The van der Waals surface area contributed by atoms with Gasteiger partial charge in [0.2, 0.25) is 5.91 Å². The Morgan fingerprint density at radius 3 is 2.45 bits per heavy atom. The van der Waals surface area contributed by atoms with E-state index in [0.29, 0.717) is 19.3 Å². The zero-order valence-corrected chi connectivity index (χ0v) is 20.4. The highest BCUT2D eigenvalue weighted by molar-refractivity contribution is 6.31. The highest BCUT2D eigenvalue weighted by atomic mass is 35.5. The van der Waals surface area contributed by atoms with E-state index in [1.54, 1.807) is 4.90 Å². The molecule has 1 amide bonds. The van der Waals surface area contributed by atoms with Crippen molar-refractivity contribution in [2.75, 3.05) is 0 Å². The van der Waals surface area contributed by atoms with Crippen LogP contribution in [0.25, 0.3) is 0 Å².